The van der Waals surface area contributed by atoms with Crippen LogP contribution in [0.25, 0.3) is 0 Å². The summed E-state index contributed by atoms with van der Waals surface area (Å²) in [7, 11) is 0. The van der Waals surface area contributed by atoms with Gasteiger partial charge in [0.25, 0.3) is 5.91 Å². The predicted molar refractivity (Wildman–Crippen MR) is 121 cm³/mol. The Morgan fingerprint density at radius 3 is 2.27 bits per heavy atom. The van der Waals surface area contributed by atoms with E-state index in [9.17, 15) is 14.4 Å². The molecule has 3 N–H and O–H groups in total. The van der Waals surface area contributed by atoms with E-state index in [1.54, 1.807) is 36.4 Å². The molecular formula is C23H27ClN2O7. The molecule has 0 unspecified atom stereocenters. The van der Waals surface area contributed by atoms with Crippen molar-refractivity contribution in [2.24, 2.45) is 5.73 Å². The Morgan fingerprint density at radius 2 is 1.64 bits per heavy atom. The highest BCUT2D eigenvalue weighted by Crippen LogP contribution is 2.20. The maximum atomic E-state index is 12.2. The summed E-state index contributed by atoms with van der Waals surface area (Å²) < 4.78 is 19.8. The number of rotatable bonds is 11. The molecule has 0 aliphatic carbocycles. The van der Waals surface area contributed by atoms with Crippen LogP contribution in [0.3, 0.4) is 0 Å². The zero-order valence-electron chi connectivity index (χ0n) is 18.5. The molecule has 0 saturated carbocycles. The Bertz CT molecular complexity index is 931. The van der Waals surface area contributed by atoms with Crippen LogP contribution in [0.1, 0.15) is 29.8 Å². The van der Waals surface area contributed by atoms with Crippen LogP contribution >= 0.6 is 11.6 Å². The second-order valence-corrected chi connectivity index (χ2v) is 7.79. The van der Waals surface area contributed by atoms with Gasteiger partial charge in [-0.1, -0.05) is 23.7 Å². The number of esters is 1. The van der Waals surface area contributed by atoms with Gasteiger partial charge in [-0.3, -0.25) is 4.79 Å². The number of halogens is 1. The molecule has 2 aromatic carbocycles. The lowest BCUT2D eigenvalue weighted by Gasteiger charge is -2.24. The lowest BCUT2D eigenvalue weighted by molar-refractivity contribution is -0.168. The fourth-order valence-corrected chi connectivity index (χ4v) is 2.70. The van der Waals surface area contributed by atoms with Gasteiger partial charge in [-0.2, -0.15) is 0 Å². The molecule has 1 amide bonds. The summed E-state index contributed by atoms with van der Waals surface area (Å²) in [6, 6.07) is 13.8. The third kappa shape index (κ3) is 8.99. The van der Waals surface area contributed by atoms with Gasteiger partial charge in [0.05, 0.1) is 0 Å². The molecular weight excluding hydrogens is 452 g/mol. The number of carbonyl (C=O) groups excluding carboxylic acids is 3. The average Bonchev–Trinajstić information content (AvgIpc) is 2.79. The van der Waals surface area contributed by atoms with E-state index in [4.69, 9.17) is 26.8 Å². The van der Waals surface area contributed by atoms with Crippen molar-refractivity contribution in [1.29, 1.82) is 0 Å². The number of hydrogen-bond donors (Lipinski definition) is 2. The van der Waals surface area contributed by atoms with E-state index < -0.39 is 24.5 Å². The number of carbonyl (C=O) groups is 3. The number of hydrogen-bond acceptors (Lipinski definition) is 8. The molecule has 0 aromatic heterocycles. The molecule has 178 valence electrons. The molecule has 10 heteroatoms. The summed E-state index contributed by atoms with van der Waals surface area (Å²) >= 11 is 5.83. The molecule has 2 aromatic rings. The molecule has 0 bridgehead atoms. The van der Waals surface area contributed by atoms with Crippen LogP contribution in [-0.2, 0) is 25.4 Å². The van der Waals surface area contributed by atoms with E-state index in [2.05, 4.69) is 14.8 Å². The van der Waals surface area contributed by atoms with Crippen LogP contribution in [0, 0.1) is 0 Å². The van der Waals surface area contributed by atoms with Crippen molar-refractivity contribution in [3.8, 4) is 5.75 Å². The van der Waals surface area contributed by atoms with Gasteiger partial charge >= 0.3 is 12.1 Å². The van der Waals surface area contributed by atoms with Crippen molar-refractivity contribution in [3.05, 3.63) is 64.7 Å². The first-order valence-electron chi connectivity index (χ1n) is 10.2. The van der Waals surface area contributed by atoms with E-state index in [0.29, 0.717) is 29.3 Å². The summed E-state index contributed by atoms with van der Waals surface area (Å²) in [5.74, 6) is -0.444. The van der Waals surface area contributed by atoms with Gasteiger partial charge in [0.2, 0.25) is 6.79 Å². The fourth-order valence-electron chi connectivity index (χ4n) is 2.57. The molecule has 0 aliphatic rings. The highest BCUT2D eigenvalue weighted by molar-refractivity contribution is 6.30. The van der Waals surface area contributed by atoms with E-state index in [1.165, 1.54) is 13.8 Å². The second kappa shape index (κ2) is 12.7. The third-order valence-corrected chi connectivity index (χ3v) is 4.55. The number of benzene rings is 2. The molecule has 0 spiro atoms. The Hall–Kier alpha value is -3.30. The van der Waals surface area contributed by atoms with Crippen molar-refractivity contribution in [2.75, 3.05) is 26.5 Å². The van der Waals surface area contributed by atoms with Crippen molar-refractivity contribution < 1.29 is 33.3 Å². The number of nitrogens with one attached hydrogen (secondary N) is 1. The molecule has 0 saturated heterocycles. The summed E-state index contributed by atoms with van der Waals surface area (Å²) in [4.78, 5) is 35.5. The monoisotopic (exact) mass is 478 g/mol. The molecule has 0 aliphatic heterocycles. The highest BCUT2D eigenvalue weighted by Gasteiger charge is 2.32. The average molecular weight is 479 g/mol. The molecule has 2 rings (SSSR count). The van der Waals surface area contributed by atoms with E-state index in [0.717, 1.165) is 5.56 Å². The zero-order valence-corrected chi connectivity index (χ0v) is 19.2. The van der Waals surface area contributed by atoms with Crippen molar-refractivity contribution in [3.63, 3.8) is 0 Å². The molecule has 0 heterocycles. The number of ether oxygens (including phenoxy) is 4. The van der Waals surface area contributed by atoms with Crippen LogP contribution in [0.2, 0.25) is 5.02 Å². The van der Waals surface area contributed by atoms with Crippen LogP contribution in [-0.4, -0.2) is 50.1 Å². The van der Waals surface area contributed by atoms with Gasteiger partial charge in [0.1, 0.15) is 12.4 Å². The first-order chi connectivity index (χ1) is 15.7. The molecule has 0 fully saturated rings. The van der Waals surface area contributed by atoms with E-state index in [1.807, 2.05) is 12.1 Å². The normalized spacial score (nSPS) is 10.8. The lowest BCUT2D eigenvalue weighted by Crippen LogP contribution is -2.40. The Morgan fingerprint density at radius 1 is 0.970 bits per heavy atom. The zero-order chi connectivity index (χ0) is 24.3. The molecule has 9 nitrogen and oxygen atoms in total. The maximum absolute atomic E-state index is 12.2. The highest BCUT2D eigenvalue weighted by atomic mass is 35.5. The van der Waals surface area contributed by atoms with Gasteiger partial charge in [-0.25, -0.2) is 9.59 Å². The fraction of sp³-hybridized carbons (Fsp3) is 0.348. The van der Waals surface area contributed by atoms with Crippen LogP contribution < -0.4 is 15.8 Å². The first-order valence-corrected chi connectivity index (χ1v) is 10.6. The SMILES string of the molecule is CC(C)(Oc1ccc(CCNC(=O)c2ccc(Cl)cc2)cc1)C(=O)OCOC(=O)OCCN. The van der Waals surface area contributed by atoms with Gasteiger partial charge in [0.15, 0.2) is 5.60 Å². The van der Waals surface area contributed by atoms with Crippen LogP contribution in [0.5, 0.6) is 5.75 Å². The molecule has 33 heavy (non-hydrogen) atoms. The van der Waals surface area contributed by atoms with E-state index in [-0.39, 0.29) is 19.1 Å². The summed E-state index contributed by atoms with van der Waals surface area (Å²) in [6.45, 7) is 3.08. The van der Waals surface area contributed by atoms with Crippen LogP contribution in [0.4, 0.5) is 4.79 Å². The molecule has 0 atom stereocenters. The standard InChI is InChI=1S/C23H27ClN2O7/c1-23(2,21(28)31-15-32-22(29)30-14-12-25)33-19-9-3-16(4-10-19)11-13-26-20(27)17-5-7-18(24)8-6-17/h3-10H,11-15,25H2,1-2H3,(H,26,27). The quantitative estimate of drug-likeness (QED) is 0.372. The predicted octanol–water partition coefficient (Wildman–Crippen LogP) is 3.08. The first kappa shape index (κ1) is 26.0. The van der Waals surface area contributed by atoms with Gasteiger partial charge in [-0.15, -0.1) is 0 Å². The summed E-state index contributed by atoms with van der Waals surface area (Å²) in [6.07, 6.45) is -0.366. The van der Waals surface area contributed by atoms with Crippen molar-refractivity contribution in [1.82, 2.24) is 5.32 Å². The lowest BCUT2D eigenvalue weighted by atomic mass is 10.1. The topological polar surface area (TPSA) is 126 Å². The smallest absolute Gasteiger partial charge is 0.476 e. The number of nitrogens with two attached hydrogens (primary N) is 1. The minimum Gasteiger partial charge on any atom is -0.476 e. The molecule has 0 radical (unpaired) electrons. The van der Waals surface area contributed by atoms with Gasteiger partial charge < -0.3 is 30.0 Å². The largest absolute Gasteiger partial charge is 0.511 e. The minimum atomic E-state index is -1.32. The van der Waals surface area contributed by atoms with Crippen molar-refractivity contribution >= 4 is 29.6 Å². The van der Waals surface area contributed by atoms with Gasteiger partial charge in [-0.05, 0) is 62.2 Å². The number of amides is 1. The van der Waals surface area contributed by atoms with Gasteiger partial charge in [0, 0.05) is 23.7 Å². The third-order valence-electron chi connectivity index (χ3n) is 4.30. The Labute approximate surface area is 197 Å². The second-order valence-electron chi connectivity index (χ2n) is 7.35. The van der Waals surface area contributed by atoms with E-state index >= 15 is 0 Å². The summed E-state index contributed by atoms with van der Waals surface area (Å²) in [5, 5.41) is 3.42. The maximum Gasteiger partial charge on any atom is 0.511 e. The van der Waals surface area contributed by atoms with Crippen LogP contribution in [0.15, 0.2) is 48.5 Å². The Kier molecular flexibility index (Phi) is 9.96. The minimum absolute atomic E-state index is 0.00605. The van der Waals surface area contributed by atoms with Crippen molar-refractivity contribution in [2.45, 2.75) is 25.9 Å². The summed E-state index contributed by atoms with van der Waals surface area (Å²) in [5.41, 5.74) is 5.39. The Balaban J connectivity index is 1.76.